The van der Waals surface area contributed by atoms with Gasteiger partial charge in [-0.2, -0.15) is 13.2 Å². The van der Waals surface area contributed by atoms with E-state index in [1.54, 1.807) is 6.07 Å². The van der Waals surface area contributed by atoms with Crippen molar-refractivity contribution in [3.8, 4) is 0 Å². The second kappa shape index (κ2) is 6.10. The first-order chi connectivity index (χ1) is 8.33. The number of thiol groups is 1. The summed E-state index contributed by atoms with van der Waals surface area (Å²) in [6.07, 6.45) is -4.50. The normalized spacial score (nSPS) is 11.4. The Kier molecular flexibility index (Phi) is 5.03. The molecule has 0 unspecified atom stereocenters. The van der Waals surface area contributed by atoms with Gasteiger partial charge < -0.3 is 10.0 Å². The quantitative estimate of drug-likeness (QED) is 0.827. The fourth-order valence-electron chi connectivity index (χ4n) is 1.41. The number of aliphatic hydroxyl groups excluding tert-OH is 1. The molecular formula is C11H12F3NO2S. The van der Waals surface area contributed by atoms with E-state index in [2.05, 4.69) is 12.6 Å². The summed E-state index contributed by atoms with van der Waals surface area (Å²) in [4.78, 5) is 12.9. The lowest BCUT2D eigenvalue weighted by Gasteiger charge is -2.23. The van der Waals surface area contributed by atoms with E-state index < -0.39 is 25.2 Å². The van der Waals surface area contributed by atoms with Crippen molar-refractivity contribution in [2.24, 2.45) is 0 Å². The maximum Gasteiger partial charge on any atom is 0.406 e. The van der Waals surface area contributed by atoms with Gasteiger partial charge in [-0.05, 0) is 18.2 Å². The maximum atomic E-state index is 12.3. The molecule has 1 N–H and O–H groups in total. The van der Waals surface area contributed by atoms with Crippen LogP contribution in [0.4, 0.5) is 13.2 Å². The monoisotopic (exact) mass is 279 g/mol. The highest BCUT2D eigenvalue weighted by Gasteiger charge is 2.33. The van der Waals surface area contributed by atoms with E-state index in [0.717, 1.165) is 0 Å². The van der Waals surface area contributed by atoms with Crippen molar-refractivity contribution in [1.82, 2.24) is 4.90 Å². The van der Waals surface area contributed by atoms with Crippen molar-refractivity contribution in [2.45, 2.75) is 11.1 Å². The lowest BCUT2D eigenvalue weighted by molar-refractivity contribution is -0.141. The van der Waals surface area contributed by atoms with Crippen molar-refractivity contribution >= 4 is 18.5 Å². The Bertz CT molecular complexity index is 423. The minimum Gasteiger partial charge on any atom is -0.395 e. The molecule has 0 bridgehead atoms. The molecular weight excluding hydrogens is 267 g/mol. The standard InChI is InChI=1S/C11H12F3NO2S/c12-11(13,14)7-15(4-5-16)10(17)8-2-1-3-9(18)6-8/h1-3,6,16,18H,4-5,7H2. The zero-order valence-electron chi connectivity index (χ0n) is 9.31. The molecule has 0 aliphatic carbocycles. The molecule has 1 amide bonds. The first kappa shape index (κ1) is 14.8. The van der Waals surface area contributed by atoms with Crippen LogP contribution in [0.2, 0.25) is 0 Å². The topological polar surface area (TPSA) is 40.5 Å². The fraction of sp³-hybridized carbons (Fsp3) is 0.364. The lowest BCUT2D eigenvalue weighted by Crippen LogP contribution is -2.40. The van der Waals surface area contributed by atoms with E-state index in [-0.39, 0.29) is 12.1 Å². The Hall–Kier alpha value is -1.21. The van der Waals surface area contributed by atoms with Gasteiger partial charge in [0.25, 0.3) is 5.91 Å². The average Bonchev–Trinajstić information content (AvgIpc) is 2.26. The summed E-state index contributed by atoms with van der Waals surface area (Å²) in [5, 5.41) is 8.71. The van der Waals surface area contributed by atoms with Crippen molar-refractivity contribution in [3.63, 3.8) is 0 Å². The predicted octanol–water partition coefficient (Wildman–Crippen LogP) is 1.97. The molecule has 7 heteroatoms. The van der Waals surface area contributed by atoms with Gasteiger partial charge in [0.2, 0.25) is 0 Å². The number of hydrogen-bond acceptors (Lipinski definition) is 3. The Labute approximate surface area is 108 Å². The summed E-state index contributed by atoms with van der Waals surface area (Å²) in [6.45, 7) is -2.28. The molecule has 0 fully saturated rings. The molecule has 0 aromatic heterocycles. The van der Waals surface area contributed by atoms with Crippen LogP contribution in [0.25, 0.3) is 0 Å². The van der Waals surface area contributed by atoms with E-state index in [0.29, 0.717) is 9.80 Å². The van der Waals surface area contributed by atoms with E-state index in [9.17, 15) is 18.0 Å². The summed E-state index contributed by atoms with van der Waals surface area (Å²) in [6, 6.07) is 5.93. The number of carbonyl (C=O) groups excluding carboxylic acids is 1. The number of rotatable bonds is 4. The van der Waals surface area contributed by atoms with Crippen molar-refractivity contribution in [2.75, 3.05) is 19.7 Å². The van der Waals surface area contributed by atoms with Crippen molar-refractivity contribution < 1.29 is 23.1 Å². The number of hydrogen-bond donors (Lipinski definition) is 2. The van der Waals surface area contributed by atoms with Crippen LogP contribution in [0.3, 0.4) is 0 Å². The second-order valence-corrected chi connectivity index (χ2v) is 4.13. The molecule has 100 valence electrons. The Morgan fingerprint density at radius 1 is 1.39 bits per heavy atom. The van der Waals surface area contributed by atoms with Gasteiger partial charge in [-0.25, -0.2) is 0 Å². The first-order valence-electron chi connectivity index (χ1n) is 5.09. The van der Waals surface area contributed by atoms with Gasteiger partial charge in [0.05, 0.1) is 6.61 Å². The summed E-state index contributed by atoms with van der Waals surface area (Å²) < 4.78 is 36.9. The second-order valence-electron chi connectivity index (χ2n) is 3.62. The van der Waals surface area contributed by atoms with Crippen LogP contribution in [-0.4, -0.2) is 41.8 Å². The smallest absolute Gasteiger partial charge is 0.395 e. The van der Waals surface area contributed by atoms with Crippen LogP contribution in [-0.2, 0) is 0 Å². The zero-order chi connectivity index (χ0) is 13.8. The number of amides is 1. The van der Waals surface area contributed by atoms with E-state index >= 15 is 0 Å². The van der Waals surface area contributed by atoms with E-state index in [1.807, 2.05) is 0 Å². The maximum absolute atomic E-state index is 12.3. The number of carbonyl (C=O) groups is 1. The molecule has 0 aliphatic rings. The zero-order valence-corrected chi connectivity index (χ0v) is 10.2. The minimum atomic E-state index is -4.50. The molecule has 0 aliphatic heterocycles. The molecule has 0 saturated carbocycles. The highest BCUT2D eigenvalue weighted by molar-refractivity contribution is 7.80. The van der Waals surface area contributed by atoms with Gasteiger partial charge in [-0.15, -0.1) is 12.6 Å². The molecule has 0 spiro atoms. The minimum absolute atomic E-state index is 0.111. The number of alkyl halides is 3. The van der Waals surface area contributed by atoms with Gasteiger partial charge in [0, 0.05) is 17.0 Å². The molecule has 0 atom stereocenters. The van der Waals surface area contributed by atoms with Gasteiger partial charge >= 0.3 is 6.18 Å². The van der Waals surface area contributed by atoms with Crippen LogP contribution >= 0.6 is 12.6 Å². The van der Waals surface area contributed by atoms with Crippen LogP contribution < -0.4 is 0 Å². The highest BCUT2D eigenvalue weighted by atomic mass is 32.1. The number of aliphatic hydroxyl groups is 1. The first-order valence-corrected chi connectivity index (χ1v) is 5.54. The largest absolute Gasteiger partial charge is 0.406 e. The third-order valence-electron chi connectivity index (χ3n) is 2.12. The van der Waals surface area contributed by atoms with Gasteiger partial charge in [-0.3, -0.25) is 4.79 Å². The molecule has 0 saturated heterocycles. The van der Waals surface area contributed by atoms with Gasteiger partial charge in [0.1, 0.15) is 6.54 Å². The van der Waals surface area contributed by atoms with Crippen LogP contribution in [0, 0.1) is 0 Å². The molecule has 0 heterocycles. The summed E-state index contributed by atoms with van der Waals surface area (Å²) in [7, 11) is 0. The SMILES string of the molecule is O=C(c1cccc(S)c1)N(CCO)CC(F)(F)F. The third-order valence-corrected chi connectivity index (χ3v) is 2.40. The summed E-state index contributed by atoms with van der Waals surface area (Å²) in [5.41, 5.74) is 0.111. The van der Waals surface area contributed by atoms with Crippen molar-refractivity contribution in [1.29, 1.82) is 0 Å². The average molecular weight is 279 g/mol. The van der Waals surface area contributed by atoms with E-state index in [1.165, 1.54) is 18.2 Å². The Morgan fingerprint density at radius 2 is 2.06 bits per heavy atom. The number of halogens is 3. The Morgan fingerprint density at radius 3 is 2.56 bits per heavy atom. The van der Waals surface area contributed by atoms with Gasteiger partial charge in [-0.1, -0.05) is 6.07 Å². The van der Waals surface area contributed by atoms with Crippen LogP contribution in [0.5, 0.6) is 0 Å². The number of nitrogens with zero attached hydrogens (tertiary/aromatic N) is 1. The Balaban J connectivity index is 2.89. The van der Waals surface area contributed by atoms with E-state index in [4.69, 9.17) is 5.11 Å². The third kappa shape index (κ3) is 4.58. The lowest BCUT2D eigenvalue weighted by atomic mass is 10.2. The summed E-state index contributed by atoms with van der Waals surface area (Å²) >= 11 is 4.01. The molecule has 3 nitrogen and oxygen atoms in total. The molecule has 0 radical (unpaired) electrons. The van der Waals surface area contributed by atoms with Gasteiger partial charge in [0.15, 0.2) is 0 Å². The molecule has 1 rings (SSSR count). The van der Waals surface area contributed by atoms with Crippen LogP contribution in [0.1, 0.15) is 10.4 Å². The molecule has 18 heavy (non-hydrogen) atoms. The highest BCUT2D eigenvalue weighted by Crippen LogP contribution is 2.18. The fourth-order valence-corrected chi connectivity index (χ4v) is 1.64. The van der Waals surface area contributed by atoms with Crippen LogP contribution in [0.15, 0.2) is 29.2 Å². The molecule has 1 aromatic carbocycles. The number of benzene rings is 1. The molecule has 1 aromatic rings. The summed E-state index contributed by atoms with van der Waals surface area (Å²) in [5.74, 6) is -0.780. The predicted molar refractivity (Wildman–Crippen MR) is 62.7 cm³/mol. The van der Waals surface area contributed by atoms with Crippen molar-refractivity contribution in [3.05, 3.63) is 29.8 Å².